The van der Waals surface area contributed by atoms with Gasteiger partial charge in [0.1, 0.15) is 11.4 Å². The van der Waals surface area contributed by atoms with Crippen LogP contribution in [0.1, 0.15) is 71.8 Å². The first-order valence-corrected chi connectivity index (χ1v) is 8.38. The molecule has 0 saturated carbocycles. The molecule has 0 radical (unpaired) electrons. The molecule has 1 rings (SSSR count). The molecule has 0 aliphatic rings. The van der Waals surface area contributed by atoms with E-state index in [-0.39, 0.29) is 18.2 Å². The highest BCUT2D eigenvalue weighted by molar-refractivity contribution is 5.71. The van der Waals surface area contributed by atoms with Crippen LogP contribution in [0.25, 0.3) is 0 Å². The van der Waals surface area contributed by atoms with Gasteiger partial charge in [-0.1, -0.05) is 46.2 Å². The lowest BCUT2D eigenvalue weighted by molar-refractivity contribution is -0.161. The van der Waals surface area contributed by atoms with Gasteiger partial charge in [0.15, 0.2) is 6.61 Å². The van der Waals surface area contributed by atoms with E-state index in [1.54, 1.807) is 0 Å². The number of rotatable bonds is 9. The van der Waals surface area contributed by atoms with Gasteiger partial charge in [0.2, 0.25) is 0 Å². The first-order valence-electron chi connectivity index (χ1n) is 8.38. The van der Waals surface area contributed by atoms with E-state index in [4.69, 9.17) is 9.47 Å². The molecule has 2 unspecified atom stereocenters. The third-order valence-electron chi connectivity index (χ3n) is 4.31. The molecule has 1 aromatic rings. The molecule has 0 fully saturated rings. The summed E-state index contributed by atoms with van der Waals surface area (Å²) in [7, 11) is 0. The number of benzene rings is 1. The van der Waals surface area contributed by atoms with Crippen molar-refractivity contribution in [3.8, 4) is 5.75 Å². The Morgan fingerprint density at radius 3 is 2.32 bits per heavy atom. The molecule has 22 heavy (non-hydrogen) atoms. The molecule has 0 bridgehead atoms. The summed E-state index contributed by atoms with van der Waals surface area (Å²) in [6.45, 7) is 10.4. The second kappa shape index (κ2) is 8.82. The summed E-state index contributed by atoms with van der Waals surface area (Å²) in [5.74, 6) is 0.944. The van der Waals surface area contributed by atoms with Gasteiger partial charge in [0.25, 0.3) is 0 Å². The molecule has 0 heterocycles. The number of esters is 1. The number of hydrogen-bond donors (Lipinski definition) is 0. The largest absolute Gasteiger partial charge is 0.482 e. The van der Waals surface area contributed by atoms with Crippen LogP contribution in [0.3, 0.4) is 0 Å². The Balaban J connectivity index is 2.50. The maximum absolute atomic E-state index is 11.9. The predicted octanol–water partition coefficient (Wildman–Crippen LogP) is 5.09. The van der Waals surface area contributed by atoms with Crippen molar-refractivity contribution < 1.29 is 14.3 Å². The molecule has 0 aromatic heterocycles. The van der Waals surface area contributed by atoms with Crippen molar-refractivity contribution in [2.24, 2.45) is 0 Å². The fourth-order valence-electron chi connectivity index (χ4n) is 2.40. The van der Waals surface area contributed by atoms with Crippen LogP contribution < -0.4 is 4.74 Å². The van der Waals surface area contributed by atoms with Crippen LogP contribution in [0.5, 0.6) is 5.75 Å². The van der Waals surface area contributed by atoms with Crippen molar-refractivity contribution >= 4 is 5.97 Å². The summed E-state index contributed by atoms with van der Waals surface area (Å²) < 4.78 is 11.1. The van der Waals surface area contributed by atoms with Crippen LogP contribution >= 0.6 is 0 Å². The minimum Gasteiger partial charge on any atom is -0.482 e. The zero-order valence-electron chi connectivity index (χ0n) is 14.6. The molecule has 3 nitrogen and oxygen atoms in total. The molecule has 0 amide bonds. The minimum atomic E-state index is -0.379. The van der Waals surface area contributed by atoms with Crippen molar-refractivity contribution in [3.63, 3.8) is 0 Å². The number of hydrogen-bond acceptors (Lipinski definition) is 3. The minimum absolute atomic E-state index is 0.0397. The third kappa shape index (κ3) is 5.70. The lowest BCUT2D eigenvalue weighted by Crippen LogP contribution is -2.33. The fourth-order valence-corrected chi connectivity index (χ4v) is 2.40. The molecule has 0 aliphatic heterocycles. The summed E-state index contributed by atoms with van der Waals surface area (Å²) in [4.78, 5) is 11.9. The van der Waals surface area contributed by atoms with E-state index in [2.05, 4.69) is 32.9 Å². The maximum atomic E-state index is 11.9. The number of carbonyl (C=O) groups excluding carboxylic acids is 1. The molecule has 3 heteroatoms. The highest BCUT2D eigenvalue weighted by Gasteiger charge is 2.25. The second-order valence-electron chi connectivity index (χ2n) is 6.19. The van der Waals surface area contributed by atoms with Gasteiger partial charge in [-0.05, 0) is 49.8 Å². The molecule has 124 valence electrons. The molecular formula is C19H30O3. The van der Waals surface area contributed by atoms with Gasteiger partial charge in [0.05, 0.1) is 0 Å². The second-order valence-corrected chi connectivity index (χ2v) is 6.19. The van der Waals surface area contributed by atoms with E-state index in [9.17, 15) is 4.79 Å². The van der Waals surface area contributed by atoms with Crippen molar-refractivity contribution in [2.75, 3.05) is 6.61 Å². The van der Waals surface area contributed by atoms with E-state index in [1.165, 1.54) is 5.56 Å². The van der Waals surface area contributed by atoms with Crippen LogP contribution in [0, 0.1) is 0 Å². The summed E-state index contributed by atoms with van der Waals surface area (Å²) in [5, 5.41) is 0. The van der Waals surface area contributed by atoms with E-state index >= 15 is 0 Å². The van der Waals surface area contributed by atoms with E-state index in [1.807, 2.05) is 26.0 Å². The summed E-state index contributed by atoms with van der Waals surface area (Å²) in [6.07, 6.45) is 3.80. The van der Waals surface area contributed by atoms with Gasteiger partial charge in [0, 0.05) is 0 Å². The summed E-state index contributed by atoms with van der Waals surface area (Å²) in [6, 6.07) is 7.95. The third-order valence-corrected chi connectivity index (χ3v) is 4.31. The Morgan fingerprint density at radius 2 is 1.82 bits per heavy atom. The van der Waals surface area contributed by atoms with Gasteiger partial charge >= 0.3 is 5.97 Å². The zero-order chi connectivity index (χ0) is 16.6. The fraction of sp³-hybridized carbons (Fsp3) is 0.632. The highest BCUT2D eigenvalue weighted by Crippen LogP contribution is 2.23. The normalized spacial score (nSPS) is 15.0. The lowest BCUT2D eigenvalue weighted by atomic mass is 9.97. The first kappa shape index (κ1) is 18.5. The Hall–Kier alpha value is -1.51. The van der Waals surface area contributed by atoms with Crippen molar-refractivity contribution in [3.05, 3.63) is 29.8 Å². The van der Waals surface area contributed by atoms with Gasteiger partial charge in [-0.25, -0.2) is 4.79 Å². The van der Waals surface area contributed by atoms with Crippen molar-refractivity contribution in [2.45, 2.75) is 71.8 Å². The van der Waals surface area contributed by atoms with Crippen LogP contribution in [-0.4, -0.2) is 18.2 Å². The Kier molecular flexibility index (Phi) is 7.43. The zero-order valence-corrected chi connectivity index (χ0v) is 14.6. The lowest BCUT2D eigenvalue weighted by Gasteiger charge is -2.28. The average Bonchev–Trinajstić information content (AvgIpc) is 2.53. The standard InChI is InChI=1S/C19H30O3/c1-6-13-19(5,8-3)22-18(20)14-21-17-11-9-16(10-12-17)15(4)7-2/h9-12,15H,6-8,13-14H2,1-5H3. The maximum Gasteiger partial charge on any atom is 0.344 e. The summed E-state index contributed by atoms with van der Waals surface area (Å²) >= 11 is 0. The van der Waals surface area contributed by atoms with Crippen LogP contribution in [0.4, 0.5) is 0 Å². The first-order chi connectivity index (χ1) is 10.4. The van der Waals surface area contributed by atoms with Crippen molar-refractivity contribution in [1.82, 2.24) is 0 Å². The summed E-state index contributed by atoms with van der Waals surface area (Å²) in [5.41, 5.74) is 0.911. The van der Waals surface area contributed by atoms with Crippen LogP contribution in [0.15, 0.2) is 24.3 Å². The predicted molar refractivity (Wildman–Crippen MR) is 90.3 cm³/mol. The van der Waals surface area contributed by atoms with E-state index in [0.717, 1.165) is 25.7 Å². The van der Waals surface area contributed by atoms with Crippen LogP contribution in [-0.2, 0) is 9.53 Å². The van der Waals surface area contributed by atoms with Crippen LogP contribution in [0.2, 0.25) is 0 Å². The Labute approximate surface area is 135 Å². The molecule has 0 aliphatic carbocycles. The molecule has 1 aromatic carbocycles. The molecular weight excluding hydrogens is 276 g/mol. The van der Waals surface area contributed by atoms with Gasteiger partial charge in [-0.15, -0.1) is 0 Å². The number of carbonyl (C=O) groups is 1. The highest BCUT2D eigenvalue weighted by atomic mass is 16.6. The molecule has 0 N–H and O–H groups in total. The molecule has 0 spiro atoms. The van der Waals surface area contributed by atoms with E-state index in [0.29, 0.717) is 11.7 Å². The Morgan fingerprint density at radius 1 is 1.18 bits per heavy atom. The van der Waals surface area contributed by atoms with Gasteiger partial charge < -0.3 is 9.47 Å². The Bertz CT molecular complexity index is 452. The smallest absolute Gasteiger partial charge is 0.344 e. The average molecular weight is 306 g/mol. The van der Waals surface area contributed by atoms with Gasteiger partial charge in [-0.2, -0.15) is 0 Å². The molecule has 2 atom stereocenters. The molecule has 0 saturated heterocycles. The SMILES string of the molecule is CCCC(C)(CC)OC(=O)COc1ccc(C(C)CC)cc1. The van der Waals surface area contributed by atoms with E-state index < -0.39 is 0 Å². The quantitative estimate of drug-likeness (QED) is 0.596. The van der Waals surface area contributed by atoms with Crippen molar-refractivity contribution in [1.29, 1.82) is 0 Å². The van der Waals surface area contributed by atoms with Gasteiger partial charge in [-0.3, -0.25) is 0 Å². The number of ether oxygens (including phenoxy) is 2. The topological polar surface area (TPSA) is 35.5 Å². The monoisotopic (exact) mass is 306 g/mol.